The van der Waals surface area contributed by atoms with E-state index in [4.69, 9.17) is 20.8 Å². The fourth-order valence-corrected chi connectivity index (χ4v) is 6.04. The van der Waals surface area contributed by atoms with E-state index in [0.29, 0.717) is 42.4 Å². The molecule has 1 saturated heterocycles. The van der Waals surface area contributed by atoms with Crippen molar-refractivity contribution >= 4 is 35.3 Å². The summed E-state index contributed by atoms with van der Waals surface area (Å²) in [5.74, 6) is 2.33. The molecule has 0 unspecified atom stereocenters. The second-order valence-electron chi connectivity index (χ2n) is 15.8. The molecule has 1 aliphatic rings. The lowest BCUT2D eigenvalue weighted by Crippen LogP contribution is -2.47. The van der Waals surface area contributed by atoms with Gasteiger partial charge in [0.15, 0.2) is 0 Å². The monoisotopic (exact) mass is 653 g/mol. The van der Waals surface area contributed by atoms with Crippen LogP contribution in [0.2, 0.25) is 0 Å². The Morgan fingerprint density at radius 3 is 1.60 bits per heavy atom. The number of nitrogen functional groups attached to an aromatic ring is 2. The molecule has 1 heterocycles. The molecule has 3 aromatic rings. The van der Waals surface area contributed by atoms with Crippen molar-refractivity contribution in [2.75, 3.05) is 60.7 Å². The van der Waals surface area contributed by atoms with Gasteiger partial charge in [0.05, 0.1) is 34.4 Å². The van der Waals surface area contributed by atoms with Crippen LogP contribution in [0, 0.1) is 40.4 Å². The summed E-state index contributed by atoms with van der Waals surface area (Å²) in [5, 5.41) is 9.30. The summed E-state index contributed by atoms with van der Waals surface area (Å²) in [6.07, 6.45) is 0. The Morgan fingerprint density at radius 1 is 0.708 bits per heavy atom. The first-order valence-electron chi connectivity index (χ1n) is 17.6. The third-order valence-electron chi connectivity index (χ3n) is 7.98. The predicted molar refractivity (Wildman–Crippen MR) is 207 cm³/mol. The fourth-order valence-electron chi connectivity index (χ4n) is 6.04. The lowest BCUT2D eigenvalue weighted by atomic mass is 9.75. The second-order valence-corrected chi connectivity index (χ2v) is 15.8. The maximum absolute atomic E-state index is 9.30. The van der Waals surface area contributed by atoms with Crippen molar-refractivity contribution in [3.63, 3.8) is 0 Å². The molecular weight excluding hydrogens is 593 g/mol. The van der Waals surface area contributed by atoms with Crippen LogP contribution in [0.4, 0.5) is 22.7 Å². The summed E-state index contributed by atoms with van der Waals surface area (Å²) in [7, 11) is -0.307. The van der Waals surface area contributed by atoms with E-state index in [0.717, 1.165) is 65.5 Å². The van der Waals surface area contributed by atoms with Crippen LogP contribution in [0.25, 0.3) is 11.1 Å². The molecule has 1 fully saturated rings. The zero-order valence-corrected chi connectivity index (χ0v) is 31.2. The Balaban J connectivity index is 0.000000260. The molecule has 0 atom stereocenters. The summed E-state index contributed by atoms with van der Waals surface area (Å²) < 4.78 is 11.7. The molecule has 0 bridgehead atoms. The molecule has 4 N–H and O–H groups in total. The predicted octanol–water partition coefficient (Wildman–Crippen LogP) is 8.08. The Kier molecular flexibility index (Phi) is 14.3. The largest absolute Gasteiger partial charge is 0.493 e. The van der Waals surface area contributed by atoms with Crippen molar-refractivity contribution in [1.29, 1.82) is 5.26 Å². The van der Waals surface area contributed by atoms with Crippen LogP contribution in [-0.4, -0.2) is 46.5 Å². The first-order chi connectivity index (χ1) is 22.6. The van der Waals surface area contributed by atoms with Gasteiger partial charge >= 0.3 is 7.12 Å². The zero-order chi connectivity index (χ0) is 35.6. The molecule has 0 amide bonds. The number of nitriles is 1. The van der Waals surface area contributed by atoms with Crippen LogP contribution in [-0.2, 0) is 9.31 Å². The van der Waals surface area contributed by atoms with E-state index in [1.165, 1.54) is 0 Å². The van der Waals surface area contributed by atoms with Crippen LogP contribution in [0.3, 0.4) is 0 Å². The summed E-state index contributed by atoms with van der Waals surface area (Å²) in [4.78, 5) is 4.75. The molecule has 1 aliphatic heterocycles. The Hall–Kier alpha value is -3.67. The highest BCUT2D eigenvalue weighted by molar-refractivity contribution is 6.61. The molecule has 4 rings (SSSR count). The molecule has 0 aliphatic carbocycles. The first kappa shape index (κ1) is 38.8. The van der Waals surface area contributed by atoms with E-state index >= 15 is 0 Å². The van der Waals surface area contributed by atoms with Gasteiger partial charge in [-0.3, -0.25) is 0 Å². The number of anilines is 4. The van der Waals surface area contributed by atoms with E-state index in [1.807, 2.05) is 36.4 Å². The number of nitrogens with two attached hydrogens (primary N) is 2. The third kappa shape index (κ3) is 11.5. The smallest absolute Gasteiger partial charge is 0.407 e. The van der Waals surface area contributed by atoms with E-state index in [1.54, 1.807) is 0 Å². The molecular formula is C40H60BN5O2. The van der Waals surface area contributed by atoms with Gasteiger partial charge in [-0.25, -0.2) is 0 Å². The molecule has 0 radical (unpaired) electrons. The van der Waals surface area contributed by atoms with Crippen LogP contribution in [0.5, 0.6) is 0 Å². The highest BCUT2D eigenvalue weighted by Crippen LogP contribution is 2.32. The molecule has 260 valence electrons. The van der Waals surface area contributed by atoms with Gasteiger partial charge in [-0.05, 0) is 70.6 Å². The van der Waals surface area contributed by atoms with Gasteiger partial charge in [-0.1, -0.05) is 99.6 Å². The average Bonchev–Trinajstić information content (AvgIpc) is 2.99. The van der Waals surface area contributed by atoms with Crippen LogP contribution in [0.1, 0.15) is 74.8 Å². The van der Waals surface area contributed by atoms with Crippen molar-refractivity contribution < 1.29 is 9.31 Å². The topological polar surface area (TPSA) is 101 Å². The van der Waals surface area contributed by atoms with E-state index in [-0.39, 0.29) is 12.5 Å². The summed E-state index contributed by atoms with van der Waals surface area (Å²) in [6, 6.07) is 22.2. The van der Waals surface area contributed by atoms with Crippen LogP contribution >= 0.6 is 0 Å². The Bertz CT molecular complexity index is 1470. The lowest BCUT2D eigenvalue weighted by molar-refractivity contribution is 0.0343. The molecule has 7 nitrogen and oxygen atoms in total. The number of rotatable bonds is 12. The summed E-state index contributed by atoms with van der Waals surface area (Å²) >= 11 is 0. The van der Waals surface area contributed by atoms with Crippen molar-refractivity contribution in [2.45, 2.75) is 69.2 Å². The van der Waals surface area contributed by atoms with Gasteiger partial charge in [-0.15, -0.1) is 0 Å². The Labute approximate surface area is 291 Å². The standard InChI is InChI=1S/C21H27N3.C19H33BN2O2/c1-15(2)13-24(14-16(3)4)21-10-9-17(11-20(21)23)19-8-6-5-7-18(19)12-22;1-14(2)10-22(11-15(3)4)18-8-7-16(9-17(18)21)20-23-12-19(5,6)13-24-20/h5-11,15-16H,13-14,23H2,1-4H3;7-9,14-15H,10-13,21H2,1-6H3. The van der Waals surface area contributed by atoms with E-state index < -0.39 is 0 Å². The van der Waals surface area contributed by atoms with Gasteiger partial charge < -0.3 is 30.6 Å². The van der Waals surface area contributed by atoms with Crippen LogP contribution in [0.15, 0.2) is 60.7 Å². The maximum atomic E-state index is 9.30. The third-order valence-corrected chi connectivity index (χ3v) is 7.98. The molecule has 8 heteroatoms. The molecule has 0 aromatic heterocycles. The van der Waals surface area contributed by atoms with E-state index in [9.17, 15) is 5.26 Å². The van der Waals surface area contributed by atoms with Crippen molar-refractivity contribution in [3.8, 4) is 17.2 Å². The van der Waals surface area contributed by atoms with Gasteiger partial charge in [0.1, 0.15) is 0 Å². The molecule has 3 aromatic carbocycles. The highest BCUT2D eigenvalue weighted by Gasteiger charge is 2.33. The number of hydrogen-bond acceptors (Lipinski definition) is 7. The van der Waals surface area contributed by atoms with Gasteiger partial charge in [0.25, 0.3) is 0 Å². The fraction of sp³-hybridized carbons (Fsp3) is 0.525. The zero-order valence-electron chi connectivity index (χ0n) is 31.2. The minimum atomic E-state index is -0.307. The van der Waals surface area contributed by atoms with Crippen molar-refractivity contribution in [2.24, 2.45) is 29.1 Å². The number of benzene rings is 3. The average molecular weight is 654 g/mol. The quantitative estimate of drug-likeness (QED) is 0.151. The summed E-state index contributed by atoms with van der Waals surface area (Å²) in [5.41, 5.74) is 20.2. The second kappa shape index (κ2) is 17.7. The molecule has 0 saturated carbocycles. The first-order valence-corrected chi connectivity index (χ1v) is 17.6. The Morgan fingerprint density at radius 2 is 1.17 bits per heavy atom. The number of nitrogens with zero attached hydrogens (tertiary/aromatic N) is 3. The lowest BCUT2D eigenvalue weighted by Gasteiger charge is -2.33. The van der Waals surface area contributed by atoms with E-state index in [2.05, 4.69) is 109 Å². The summed E-state index contributed by atoms with van der Waals surface area (Å²) in [6.45, 7) is 27.5. The minimum Gasteiger partial charge on any atom is -0.407 e. The van der Waals surface area contributed by atoms with Crippen LogP contribution < -0.4 is 26.7 Å². The van der Waals surface area contributed by atoms with Gasteiger partial charge in [0.2, 0.25) is 0 Å². The SMILES string of the molecule is CC(C)CN(CC(C)C)c1ccc(-c2ccccc2C#N)cc1N.CC(C)CN(CC(C)C)c1ccc(B2OCC(C)(C)CO2)cc1N. The maximum Gasteiger partial charge on any atom is 0.493 e. The number of hydrogen-bond donors (Lipinski definition) is 2. The minimum absolute atomic E-state index is 0.0767. The normalized spacial score (nSPS) is 14.2. The van der Waals surface area contributed by atoms with Gasteiger partial charge in [0, 0.05) is 44.8 Å². The van der Waals surface area contributed by atoms with Gasteiger partial charge in [-0.2, -0.15) is 5.26 Å². The molecule has 0 spiro atoms. The molecule has 48 heavy (non-hydrogen) atoms. The van der Waals surface area contributed by atoms with Crippen molar-refractivity contribution in [3.05, 3.63) is 66.2 Å². The highest BCUT2D eigenvalue weighted by atomic mass is 16.6. The van der Waals surface area contributed by atoms with Crippen molar-refractivity contribution in [1.82, 2.24) is 0 Å².